The van der Waals surface area contributed by atoms with Crippen molar-refractivity contribution >= 4 is 57.9 Å². The van der Waals surface area contributed by atoms with E-state index >= 15 is 0 Å². The van der Waals surface area contributed by atoms with Crippen molar-refractivity contribution < 1.29 is 32.6 Å². The van der Waals surface area contributed by atoms with E-state index in [9.17, 15) is 22.8 Å². The molecule has 140 valence electrons. The molecule has 0 saturated carbocycles. The standard InChI is InChI=1S/C15H11ClF3NO4S2/c16-9-6-8(3-4-10(9)24-15(17,18)19)7-11-13(23)20(14(25)26-11)5-1-2-12(21)22/h3-4,6-7H,1-2,5H2,(H,21,22)/b11-7-. The van der Waals surface area contributed by atoms with E-state index in [0.717, 1.165) is 17.8 Å². The summed E-state index contributed by atoms with van der Waals surface area (Å²) >= 11 is 11.9. The first-order valence-corrected chi connectivity index (χ1v) is 8.69. The van der Waals surface area contributed by atoms with E-state index in [1.54, 1.807) is 0 Å². The maximum Gasteiger partial charge on any atom is 0.573 e. The molecular weight excluding hydrogens is 415 g/mol. The van der Waals surface area contributed by atoms with E-state index in [1.165, 1.54) is 23.1 Å². The normalized spacial score (nSPS) is 16.5. The highest BCUT2D eigenvalue weighted by atomic mass is 35.5. The first-order valence-electron chi connectivity index (χ1n) is 7.09. The van der Waals surface area contributed by atoms with Crippen molar-refractivity contribution in [2.45, 2.75) is 19.2 Å². The second kappa shape index (κ2) is 8.28. The first-order chi connectivity index (χ1) is 12.1. The van der Waals surface area contributed by atoms with E-state index in [1.807, 2.05) is 0 Å². The summed E-state index contributed by atoms with van der Waals surface area (Å²) < 4.78 is 40.8. The second-order valence-corrected chi connectivity index (χ2v) is 7.15. The summed E-state index contributed by atoms with van der Waals surface area (Å²) in [6, 6.07) is 3.61. The van der Waals surface area contributed by atoms with Gasteiger partial charge in [0.25, 0.3) is 5.91 Å². The van der Waals surface area contributed by atoms with Crippen LogP contribution in [0.4, 0.5) is 13.2 Å². The predicted molar refractivity (Wildman–Crippen MR) is 94.9 cm³/mol. The minimum absolute atomic E-state index is 0.0909. The number of hydrogen-bond acceptors (Lipinski definition) is 5. The van der Waals surface area contributed by atoms with Gasteiger partial charge in [-0.1, -0.05) is 41.6 Å². The van der Waals surface area contributed by atoms with Crippen LogP contribution in [0.2, 0.25) is 5.02 Å². The minimum Gasteiger partial charge on any atom is -0.481 e. The molecule has 0 aromatic heterocycles. The van der Waals surface area contributed by atoms with Gasteiger partial charge in [0.05, 0.1) is 9.93 Å². The molecule has 26 heavy (non-hydrogen) atoms. The van der Waals surface area contributed by atoms with Crippen LogP contribution < -0.4 is 4.74 Å². The summed E-state index contributed by atoms with van der Waals surface area (Å²) in [4.78, 5) is 24.4. The molecule has 1 saturated heterocycles. The number of ether oxygens (including phenoxy) is 1. The van der Waals surface area contributed by atoms with Gasteiger partial charge < -0.3 is 9.84 Å². The van der Waals surface area contributed by atoms with Gasteiger partial charge in [0, 0.05) is 13.0 Å². The Morgan fingerprint density at radius 2 is 2.12 bits per heavy atom. The van der Waals surface area contributed by atoms with Gasteiger partial charge in [-0.3, -0.25) is 14.5 Å². The molecule has 1 N–H and O–H groups in total. The Balaban J connectivity index is 2.12. The lowest BCUT2D eigenvalue weighted by molar-refractivity contribution is -0.274. The van der Waals surface area contributed by atoms with Crippen molar-refractivity contribution in [2.75, 3.05) is 6.54 Å². The van der Waals surface area contributed by atoms with Crippen LogP contribution >= 0.6 is 35.6 Å². The molecule has 1 aliphatic heterocycles. The third-order valence-electron chi connectivity index (χ3n) is 3.13. The summed E-state index contributed by atoms with van der Waals surface area (Å²) in [5.41, 5.74) is 0.399. The number of alkyl halides is 3. The van der Waals surface area contributed by atoms with E-state index in [-0.39, 0.29) is 33.6 Å². The third kappa shape index (κ3) is 5.61. The number of carboxylic acid groups (broad SMARTS) is 1. The van der Waals surface area contributed by atoms with Gasteiger partial charge >= 0.3 is 12.3 Å². The topological polar surface area (TPSA) is 66.8 Å². The third-order valence-corrected chi connectivity index (χ3v) is 4.80. The Kier molecular flexibility index (Phi) is 6.53. The van der Waals surface area contributed by atoms with Gasteiger partial charge in [-0.2, -0.15) is 0 Å². The molecule has 1 aliphatic rings. The highest BCUT2D eigenvalue weighted by Crippen LogP contribution is 2.35. The van der Waals surface area contributed by atoms with Crippen molar-refractivity contribution in [3.8, 4) is 5.75 Å². The highest BCUT2D eigenvalue weighted by molar-refractivity contribution is 8.26. The van der Waals surface area contributed by atoms with Crippen LogP contribution in [0.5, 0.6) is 5.75 Å². The molecular formula is C15H11ClF3NO4S2. The SMILES string of the molecule is O=C(O)CCCN1C(=O)/C(=C/c2ccc(OC(F)(F)F)c(Cl)c2)SC1=S. The van der Waals surface area contributed by atoms with Crippen LogP contribution in [0, 0.1) is 0 Å². The number of rotatable bonds is 6. The Hall–Kier alpha value is -1.78. The number of thiocarbonyl (C=S) groups is 1. The number of benzene rings is 1. The molecule has 2 rings (SSSR count). The van der Waals surface area contributed by atoms with Gasteiger partial charge in [0.2, 0.25) is 0 Å². The largest absolute Gasteiger partial charge is 0.573 e. The number of aliphatic carboxylic acids is 1. The van der Waals surface area contributed by atoms with Crippen LogP contribution in [-0.4, -0.2) is 39.1 Å². The second-order valence-electron chi connectivity index (χ2n) is 5.07. The number of nitrogens with zero attached hydrogens (tertiary/aromatic N) is 1. The van der Waals surface area contributed by atoms with Crippen LogP contribution in [0.3, 0.4) is 0 Å². The number of thioether (sulfide) groups is 1. The van der Waals surface area contributed by atoms with Gasteiger partial charge in [0.15, 0.2) is 0 Å². The first kappa shape index (κ1) is 20.5. The molecule has 1 amide bonds. The Morgan fingerprint density at radius 3 is 2.69 bits per heavy atom. The van der Waals surface area contributed by atoms with Crippen LogP contribution in [0.1, 0.15) is 18.4 Å². The zero-order chi connectivity index (χ0) is 19.5. The Labute approximate surface area is 160 Å². The van der Waals surface area contributed by atoms with Crippen molar-refractivity contribution in [3.05, 3.63) is 33.7 Å². The smallest absolute Gasteiger partial charge is 0.481 e. The fourth-order valence-corrected chi connectivity index (χ4v) is 3.58. The molecule has 11 heteroatoms. The number of amides is 1. The maximum atomic E-state index is 12.3. The monoisotopic (exact) mass is 425 g/mol. The Morgan fingerprint density at radius 1 is 1.42 bits per heavy atom. The maximum absolute atomic E-state index is 12.3. The minimum atomic E-state index is -4.86. The summed E-state index contributed by atoms with van der Waals surface area (Å²) in [5, 5.41) is 8.38. The molecule has 1 aromatic rings. The van der Waals surface area contributed by atoms with Gasteiger partial charge in [-0.05, 0) is 30.2 Å². The lowest BCUT2D eigenvalue weighted by Crippen LogP contribution is -2.29. The average Bonchev–Trinajstić information content (AvgIpc) is 2.76. The van der Waals surface area contributed by atoms with Crippen molar-refractivity contribution in [3.63, 3.8) is 0 Å². The van der Waals surface area contributed by atoms with Crippen LogP contribution in [-0.2, 0) is 9.59 Å². The molecule has 1 heterocycles. The molecule has 1 aromatic carbocycles. The summed E-state index contributed by atoms with van der Waals surface area (Å²) in [6.45, 7) is 0.174. The number of carbonyl (C=O) groups excluding carboxylic acids is 1. The zero-order valence-corrected chi connectivity index (χ0v) is 15.3. The zero-order valence-electron chi connectivity index (χ0n) is 12.9. The van der Waals surface area contributed by atoms with Crippen molar-refractivity contribution in [2.24, 2.45) is 0 Å². The molecule has 0 aliphatic carbocycles. The van der Waals surface area contributed by atoms with Gasteiger partial charge in [-0.25, -0.2) is 0 Å². The van der Waals surface area contributed by atoms with Crippen molar-refractivity contribution in [1.82, 2.24) is 4.90 Å². The fraction of sp³-hybridized carbons (Fsp3) is 0.267. The average molecular weight is 426 g/mol. The Bertz CT molecular complexity index is 783. The summed E-state index contributed by atoms with van der Waals surface area (Å²) in [6.07, 6.45) is -3.25. The molecule has 0 bridgehead atoms. The number of carbonyl (C=O) groups is 2. The predicted octanol–water partition coefficient (Wildman–Crippen LogP) is 4.30. The van der Waals surface area contributed by atoms with Crippen molar-refractivity contribution in [1.29, 1.82) is 0 Å². The quantitative estimate of drug-likeness (QED) is 0.541. The van der Waals surface area contributed by atoms with Crippen LogP contribution in [0.15, 0.2) is 23.1 Å². The van der Waals surface area contributed by atoms with Crippen LogP contribution in [0.25, 0.3) is 6.08 Å². The lowest BCUT2D eigenvalue weighted by atomic mass is 10.2. The summed E-state index contributed by atoms with van der Waals surface area (Å²) in [5.74, 6) is -1.91. The van der Waals surface area contributed by atoms with E-state index in [4.69, 9.17) is 28.9 Å². The molecule has 1 fully saturated rings. The molecule has 0 atom stereocenters. The lowest BCUT2D eigenvalue weighted by Gasteiger charge is -2.13. The molecule has 0 radical (unpaired) electrons. The highest BCUT2D eigenvalue weighted by Gasteiger charge is 2.33. The van der Waals surface area contributed by atoms with E-state index in [0.29, 0.717) is 5.56 Å². The molecule has 0 spiro atoms. The van der Waals surface area contributed by atoms with E-state index in [2.05, 4.69) is 4.74 Å². The van der Waals surface area contributed by atoms with E-state index < -0.39 is 24.0 Å². The fourth-order valence-electron chi connectivity index (χ4n) is 2.05. The number of halogens is 4. The van der Waals surface area contributed by atoms with Gasteiger partial charge in [-0.15, -0.1) is 13.2 Å². The van der Waals surface area contributed by atoms with Gasteiger partial charge in [0.1, 0.15) is 10.1 Å². The molecule has 5 nitrogen and oxygen atoms in total. The number of carboxylic acids is 1. The molecule has 0 unspecified atom stereocenters. The summed E-state index contributed by atoms with van der Waals surface area (Å²) in [7, 11) is 0. The number of hydrogen-bond donors (Lipinski definition) is 1.